The standard InChI is InChI=1S/C21H27N5O4/c1-12(27)23-14-5-7-15(8-6-14)24-21-22-9-13-3-2-4-16(19(13)26-21)20(29)25-17-10-30-11-18(17)28/h2-4,9,14-15,17-18,28H,5-8,10-11H2,1H3,(H,23,27)(H,25,29)(H,22,24,26)/t14-,15-,17-,18-/m1/s1. The molecule has 0 radical (unpaired) electrons. The Bertz CT molecular complexity index is 929. The second-order valence-corrected chi connectivity index (χ2v) is 8.02. The van der Waals surface area contributed by atoms with Crippen molar-refractivity contribution >= 4 is 28.7 Å². The number of fused-ring (bicyclic) bond motifs is 1. The maximum absolute atomic E-state index is 12.8. The van der Waals surface area contributed by atoms with Crippen molar-refractivity contribution in [2.75, 3.05) is 18.5 Å². The first kappa shape index (κ1) is 20.5. The third kappa shape index (κ3) is 4.68. The van der Waals surface area contributed by atoms with E-state index in [9.17, 15) is 14.7 Å². The van der Waals surface area contributed by atoms with Crippen LogP contribution in [0.4, 0.5) is 5.95 Å². The average molecular weight is 413 g/mol. The van der Waals surface area contributed by atoms with Crippen LogP contribution >= 0.6 is 0 Å². The fraction of sp³-hybridized carbons (Fsp3) is 0.524. The van der Waals surface area contributed by atoms with Crippen molar-refractivity contribution in [3.63, 3.8) is 0 Å². The van der Waals surface area contributed by atoms with E-state index < -0.39 is 12.1 Å². The van der Waals surface area contributed by atoms with E-state index in [0.29, 0.717) is 23.6 Å². The zero-order valence-electron chi connectivity index (χ0n) is 16.9. The number of hydrogen-bond acceptors (Lipinski definition) is 7. The lowest BCUT2D eigenvalue weighted by Crippen LogP contribution is -2.42. The fourth-order valence-electron chi connectivity index (χ4n) is 4.09. The van der Waals surface area contributed by atoms with Gasteiger partial charge in [0.2, 0.25) is 11.9 Å². The second-order valence-electron chi connectivity index (χ2n) is 8.02. The topological polar surface area (TPSA) is 125 Å². The Morgan fingerprint density at radius 3 is 2.57 bits per heavy atom. The Hall–Kier alpha value is -2.78. The third-order valence-corrected chi connectivity index (χ3v) is 5.69. The number of rotatable bonds is 5. The molecule has 30 heavy (non-hydrogen) atoms. The van der Waals surface area contributed by atoms with Crippen molar-refractivity contribution in [2.45, 2.75) is 56.8 Å². The molecule has 4 rings (SSSR count). The molecular weight excluding hydrogens is 386 g/mol. The minimum Gasteiger partial charge on any atom is -0.388 e. The molecule has 4 N–H and O–H groups in total. The van der Waals surface area contributed by atoms with Crippen molar-refractivity contribution in [1.82, 2.24) is 20.6 Å². The van der Waals surface area contributed by atoms with Gasteiger partial charge in [0.15, 0.2) is 0 Å². The highest BCUT2D eigenvalue weighted by Gasteiger charge is 2.28. The SMILES string of the molecule is CC(=O)N[C@H]1CC[C@H](Nc2ncc3cccc(C(=O)N[C@@H]4COC[C@H]4O)c3n2)CC1. The van der Waals surface area contributed by atoms with E-state index in [2.05, 4.69) is 25.9 Å². The Kier molecular flexibility index (Phi) is 6.10. The molecule has 9 nitrogen and oxygen atoms in total. The number of anilines is 1. The van der Waals surface area contributed by atoms with Crippen molar-refractivity contribution in [3.8, 4) is 0 Å². The van der Waals surface area contributed by atoms with Crippen molar-refractivity contribution in [1.29, 1.82) is 0 Å². The van der Waals surface area contributed by atoms with Crippen LogP contribution in [0.2, 0.25) is 0 Å². The van der Waals surface area contributed by atoms with Crippen molar-refractivity contribution in [3.05, 3.63) is 30.0 Å². The Balaban J connectivity index is 1.46. The molecule has 1 saturated carbocycles. The van der Waals surface area contributed by atoms with Gasteiger partial charge in [0.1, 0.15) is 0 Å². The smallest absolute Gasteiger partial charge is 0.253 e. The minimum absolute atomic E-state index is 0.00626. The number of benzene rings is 1. The van der Waals surface area contributed by atoms with E-state index in [0.717, 1.165) is 31.1 Å². The number of aromatic nitrogens is 2. The summed E-state index contributed by atoms with van der Waals surface area (Å²) in [4.78, 5) is 33.0. The van der Waals surface area contributed by atoms with Crippen LogP contribution in [0.1, 0.15) is 43.0 Å². The first-order valence-electron chi connectivity index (χ1n) is 10.4. The molecular formula is C21H27N5O4. The summed E-state index contributed by atoms with van der Waals surface area (Å²) in [5.74, 6) is 0.192. The summed E-state index contributed by atoms with van der Waals surface area (Å²) < 4.78 is 5.20. The monoisotopic (exact) mass is 413 g/mol. The molecule has 2 aromatic rings. The van der Waals surface area contributed by atoms with Crippen LogP contribution in [-0.2, 0) is 9.53 Å². The molecule has 2 atom stereocenters. The van der Waals surface area contributed by atoms with Crippen LogP contribution < -0.4 is 16.0 Å². The zero-order chi connectivity index (χ0) is 21.1. The van der Waals surface area contributed by atoms with Gasteiger partial charge in [0.05, 0.1) is 36.4 Å². The maximum atomic E-state index is 12.8. The van der Waals surface area contributed by atoms with E-state index in [1.54, 1.807) is 25.3 Å². The largest absolute Gasteiger partial charge is 0.388 e. The zero-order valence-corrected chi connectivity index (χ0v) is 16.9. The number of aliphatic hydroxyl groups is 1. The summed E-state index contributed by atoms with van der Waals surface area (Å²) >= 11 is 0. The third-order valence-electron chi connectivity index (χ3n) is 5.69. The molecule has 1 aromatic carbocycles. The van der Waals surface area contributed by atoms with Crippen LogP contribution in [0.15, 0.2) is 24.4 Å². The lowest BCUT2D eigenvalue weighted by molar-refractivity contribution is -0.119. The lowest BCUT2D eigenvalue weighted by Gasteiger charge is -2.29. The van der Waals surface area contributed by atoms with Gasteiger partial charge < -0.3 is 25.8 Å². The normalized spacial score (nSPS) is 26.3. The average Bonchev–Trinajstić information content (AvgIpc) is 3.13. The number of ether oxygens (including phenoxy) is 1. The molecule has 160 valence electrons. The van der Waals surface area contributed by atoms with Crippen molar-refractivity contribution in [2.24, 2.45) is 0 Å². The second kappa shape index (κ2) is 8.93. The highest BCUT2D eigenvalue weighted by Crippen LogP contribution is 2.23. The molecule has 1 saturated heterocycles. The molecule has 2 amide bonds. The molecule has 1 aliphatic carbocycles. The van der Waals surface area contributed by atoms with Gasteiger partial charge in [0, 0.05) is 30.6 Å². The Morgan fingerprint density at radius 1 is 1.10 bits per heavy atom. The highest BCUT2D eigenvalue weighted by atomic mass is 16.5. The minimum atomic E-state index is -0.705. The van der Waals surface area contributed by atoms with E-state index in [4.69, 9.17) is 4.74 Å². The quantitative estimate of drug-likeness (QED) is 0.576. The lowest BCUT2D eigenvalue weighted by atomic mass is 9.91. The van der Waals surface area contributed by atoms with E-state index >= 15 is 0 Å². The number of nitrogens with one attached hydrogen (secondary N) is 3. The predicted octanol–water partition coefficient (Wildman–Crippen LogP) is 0.978. The van der Waals surface area contributed by atoms with Gasteiger partial charge in [0.25, 0.3) is 5.91 Å². The number of carbonyl (C=O) groups excluding carboxylic acids is 2. The number of hydrogen-bond donors (Lipinski definition) is 4. The van der Waals surface area contributed by atoms with Crippen LogP contribution in [0.3, 0.4) is 0 Å². The number of nitrogens with zero attached hydrogens (tertiary/aromatic N) is 2. The summed E-state index contributed by atoms with van der Waals surface area (Å²) in [5, 5.41) is 19.8. The van der Waals surface area contributed by atoms with E-state index in [1.165, 1.54) is 0 Å². The first-order chi connectivity index (χ1) is 14.5. The van der Waals surface area contributed by atoms with E-state index in [-0.39, 0.29) is 30.5 Å². The molecule has 1 aromatic heterocycles. The Labute approximate surface area is 174 Å². The van der Waals surface area contributed by atoms with E-state index in [1.807, 2.05) is 6.07 Å². The summed E-state index contributed by atoms with van der Waals surface area (Å²) in [5.41, 5.74) is 0.999. The number of carbonyl (C=O) groups is 2. The molecule has 0 bridgehead atoms. The van der Waals surface area contributed by atoms with Crippen LogP contribution in [0.5, 0.6) is 0 Å². The van der Waals surface area contributed by atoms with Gasteiger partial charge in [-0.05, 0) is 31.7 Å². The molecule has 2 aliphatic rings. The molecule has 9 heteroatoms. The van der Waals surface area contributed by atoms with Crippen LogP contribution in [0.25, 0.3) is 10.9 Å². The predicted molar refractivity (Wildman–Crippen MR) is 111 cm³/mol. The maximum Gasteiger partial charge on any atom is 0.253 e. The molecule has 2 fully saturated rings. The molecule has 0 unspecified atom stereocenters. The molecule has 0 spiro atoms. The van der Waals surface area contributed by atoms with Crippen LogP contribution in [-0.4, -0.2) is 64.3 Å². The van der Waals surface area contributed by atoms with Gasteiger partial charge in [-0.3, -0.25) is 9.59 Å². The summed E-state index contributed by atoms with van der Waals surface area (Å²) in [6.07, 6.45) is 4.64. The van der Waals surface area contributed by atoms with Gasteiger partial charge in [-0.1, -0.05) is 12.1 Å². The van der Waals surface area contributed by atoms with Crippen molar-refractivity contribution < 1.29 is 19.4 Å². The number of aliphatic hydroxyl groups excluding tert-OH is 1. The Morgan fingerprint density at radius 2 is 1.87 bits per heavy atom. The number of para-hydroxylation sites is 1. The summed E-state index contributed by atoms with van der Waals surface area (Å²) in [6.45, 7) is 2.06. The highest BCUT2D eigenvalue weighted by molar-refractivity contribution is 6.05. The van der Waals surface area contributed by atoms with Gasteiger partial charge in [-0.25, -0.2) is 9.97 Å². The fourth-order valence-corrected chi connectivity index (χ4v) is 4.09. The molecule has 2 heterocycles. The molecule has 1 aliphatic heterocycles. The summed E-state index contributed by atoms with van der Waals surface area (Å²) in [6, 6.07) is 5.39. The summed E-state index contributed by atoms with van der Waals surface area (Å²) in [7, 11) is 0. The van der Waals surface area contributed by atoms with Gasteiger partial charge in [-0.2, -0.15) is 0 Å². The van der Waals surface area contributed by atoms with Crippen LogP contribution in [0, 0.1) is 0 Å². The van der Waals surface area contributed by atoms with Gasteiger partial charge >= 0.3 is 0 Å². The number of amides is 2. The first-order valence-corrected chi connectivity index (χ1v) is 10.4. The van der Waals surface area contributed by atoms with Gasteiger partial charge in [-0.15, -0.1) is 0 Å².